The molecule has 0 spiro atoms. The number of nitro benzene ring substituents is 1. The van der Waals surface area contributed by atoms with Crippen molar-refractivity contribution in [3.8, 4) is 5.75 Å². The van der Waals surface area contributed by atoms with Gasteiger partial charge >= 0.3 is 11.7 Å². The zero-order valence-corrected chi connectivity index (χ0v) is 16.5. The lowest BCUT2D eigenvalue weighted by molar-refractivity contribution is -0.385. The minimum absolute atomic E-state index is 0.00571. The average Bonchev–Trinajstić information content (AvgIpc) is 2.77. The topological polar surface area (TPSA) is 95.7 Å². The predicted molar refractivity (Wildman–Crippen MR) is 110 cm³/mol. The summed E-state index contributed by atoms with van der Waals surface area (Å²) < 4.78 is 10.4. The molecule has 0 aliphatic rings. The summed E-state index contributed by atoms with van der Waals surface area (Å²) in [6.07, 6.45) is -1.25. The quantitative estimate of drug-likeness (QED) is 0.228. The first-order valence-electron chi connectivity index (χ1n) is 8.79. The van der Waals surface area contributed by atoms with Gasteiger partial charge in [0.15, 0.2) is 11.9 Å². The maximum atomic E-state index is 13.0. The molecule has 8 heteroatoms. The largest absolute Gasteiger partial charge is 0.490 e. The van der Waals surface area contributed by atoms with Crippen LogP contribution in [0.1, 0.15) is 32.4 Å². The Morgan fingerprint density at radius 2 is 1.63 bits per heavy atom. The van der Waals surface area contributed by atoms with Crippen molar-refractivity contribution in [2.24, 2.45) is 0 Å². The second-order valence-corrected chi connectivity index (χ2v) is 6.65. The fourth-order valence-electron chi connectivity index (χ4n) is 2.80. The molecule has 7 nitrogen and oxygen atoms in total. The molecule has 0 saturated carbocycles. The Hall–Kier alpha value is -3.71. The molecule has 3 aromatic rings. The van der Waals surface area contributed by atoms with Gasteiger partial charge in [-0.15, -0.1) is 0 Å². The van der Waals surface area contributed by atoms with Crippen molar-refractivity contribution in [2.45, 2.75) is 6.10 Å². The molecule has 0 N–H and O–H groups in total. The average molecular weight is 426 g/mol. The van der Waals surface area contributed by atoms with Gasteiger partial charge in [-0.1, -0.05) is 54.1 Å². The van der Waals surface area contributed by atoms with Gasteiger partial charge in [0.05, 0.1) is 17.6 Å². The molecule has 0 radical (unpaired) electrons. The molecule has 0 aromatic heterocycles. The van der Waals surface area contributed by atoms with E-state index in [1.165, 1.54) is 19.2 Å². The van der Waals surface area contributed by atoms with Crippen LogP contribution in [-0.2, 0) is 4.74 Å². The van der Waals surface area contributed by atoms with Gasteiger partial charge in [-0.2, -0.15) is 0 Å². The summed E-state index contributed by atoms with van der Waals surface area (Å²) in [5.41, 5.74) is 0.308. The first-order chi connectivity index (χ1) is 14.4. The van der Waals surface area contributed by atoms with Crippen LogP contribution in [0.3, 0.4) is 0 Å². The van der Waals surface area contributed by atoms with Crippen molar-refractivity contribution in [3.63, 3.8) is 0 Å². The number of carbonyl (C=O) groups is 2. The summed E-state index contributed by atoms with van der Waals surface area (Å²) >= 11 is 5.92. The van der Waals surface area contributed by atoms with Gasteiger partial charge in [0, 0.05) is 22.2 Å². The third-order valence-corrected chi connectivity index (χ3v) is 4.56. The monoisotopic (exact) mass is 425 g/mol. The highest BCUT2D eigenvalue weighted by Gasteiger charge is 2.28. The first-order valence-corrected chi connectivity index (χ1v) is 9.16. The molecule has 0 heterocycles. The first kappa shape index (κ1) is 21.0. The molecule has 152 valence electrons. The number of hydrogen-bond donors (Lipinski definition) is 0. The molecule has 1 atom stereocenters. The molecule has 3 aromatic carbocycles. The Morgan fingerprint density at radius 3 is 2.23 bits per heavy atom. The number of rotatable bonds is 7. The third kappa shape index (κ3) is 4.64. The molecule has 0 fully saturated rings. The summed E-state index contributed by atoms with van der Waals surface area (Å²) in [6, 6.07) is 18.4. The van der Waals surface area contributed by atoms with Crippen LogP contribution < -0.4 is 4.74 Å². The Morgan fingerprint density at radius 1 is 0.967 bits per heavy atom. The molecule has 0 aliphatic heterocycles. The maximum absolute atomic E-state index is 13.0. The summed E-state index contributed by atoms with van der Waals surface area (Å²) in [6.45, 7) is 0. The fourth-order valence-corrected chi connectivity index (χ4v) is 2.93. The number of halogens is 1. The van der Waals surface area contributed by atoms with Crippen LogP contribution in [0.5, 0.6) is 5.75 Å². The molecule has 0 unspecified atom stereocenters. The van der Waals surface area contributed by atoms with Crippen LogP contribution in [0.25, 0.3) is 0 Å². The lowest BCUT2D eigenvalue weighted by Gasteiger charge is -2.18. The molecule has 0 saturated heterocycles. The Bertz CT molecular complexity index is 1080. The van der Waals surface area contributed by atoms with Crippen molar-refractivity contribution < 1.29 is 24.0 Å². The van der Waals surface area contributed by atoms with Gasteiger partial charge in [-0.05, 0) is 24.3 Å². The van der Waals surface area contributed by atoms with Gasteiger partial charge < -0.3 is 9.47 Å². The molecular weight excluding hydrogens is 410 g/mol. The highest BCUT2D eigenvalue weighted by molar-refractivity contribution is 6.30. The smallest absolute Gasteiger partial charge is 0.339 e. The Balaban J connectivity index is 1.96. The molecule has 3 rings (SSSR count). The number of ether oxygens (including phenoxy) is 2. The summed E-state index contributed by atoms with van der Waals surface area (Å²) in [4.78, 5) is 36.3. The van der Waals surface area contributed by atoms with E-state index in [1.807, 2.05) is 0 Å². The number of Topliss-reactive ketones (excluding diaryl/α,β-unsaturated/α-hetero) is 1. The van der Waals surface area contributed by atoms with E-state index in [0.717, 1.165) is 6.07 Å². The Kier molecular flexibility index (Phi) is 6.44. The highest BCUT2D eigenvalue weighted by atomic mass is 35.5. The van der Waals surface area contributed by atoms with E-state index < -0.39 is 22.8 Å². The lowest BCUT2D eigenvalue weighted by atomic mass is 9.99. The van der Waals surface area contributed by atoms with Crippen molar-refractivity contribution >= 4 is 29.0 Å². The number of methoxy groups -OCH3 is 1. The van der Waals surface area contributed by atoms with E-state index >= 15 is 0 Å². The van der Waals surface area contributed by atoms with E-state index in [4.69, 9.17) is 21.1 Å². The minimum atomic E-state index is -1.25. The second-order valence-electron chi connectivity index (χ2n) is 6.21. The van der Waals surface area contributed by atoms with E-state index in [9.17, 15) is 19.7 Å². The highest BCUT2D eigenvalue weighted by Crippen LogP contribution is 2.30. The van der Waals surface area contributed by atoms with Crippen LogP contribution >= 0.6 is 11.6 Å². The van der Waals surface area contributed by atoms with Crippen LogP contribution in [0.15, 0.2) is 72.8 Å². The zero-order chi connectivity index (χ0) is 21.7. The zero-order valence-electron chi connectivity index (χ0n) is 15.8. The number of nitrogens with zero attached hydrogens (tertiary/aromatic N) is 1. The van der Waals surface area contributed by atoms with Crippen molar-refractivity contribution in [1.82, 2.24) is 0 Å². The predicted octanol–water partition coefficient (Wildman–Crippen LogP) is 5.04. The van der Waals surface area contributed by atoms with Crippen LogP contribution in [0.2, 0.25) is 5.02 Å². The number of ketones is 1. The molecular formula is C22H16ClNO6. The fraction of sp³-hybridized carbons (Fsp3) is 0.0909. The second kappa shape index (κ2) is 9.19. The van der Waals surface area contributed by atoms with E-state index in [0.29, 0.717) is 16.1 Å². The van der Waals surface area contributed by atoms with Crippen molar-refractivity contribution in [1.29, 1.82) is 0 Å². The summed E-state index contributed by atoms with van der Waals surface area (Å²) in [5, 5.41) is 11.7. The number of hydrogen-bond acceptors (Lipinski definition) is 6. The van der Waals surface area contributed by atoms with Crippen LogP contribution in [0, 0.1) is 10.1 Å². The summed E-state index contributed by atoms with van der Waals surface area (Å²) in [7, 11) is 1.29. The standard InChI is InChI=1S/C22H16ClNO6/c1-29-19-12-9-16(13-18(19)24(27)28)22(26)30-21(15-7-10-17(23)11-8-15)20(25)14-5-3-2-4-6-14/h2-13,21H,1H3/t21-/m0/s1. The molecule has 30 heavy (non-hydrogen) atoms. The van der Waals surface area contributed by atoms with Gasteiger partial charge in [0.2, 0.25) is 5.78 Å². The number of carbonyl (C=O) groups excluding carboxylic acids is 2. The lowest BCUT2D eigenvalue weighted by Crippen LogP contribution is -2.20. The molecule has 0 aliphatic carbocycles. The van der Waals surface area contributed by atoms with Gasteiger partial charge in [0.1, 0.15) is 0 Å². The SMILES string of the molecule is COc1ccc(C(=O)O[C@H](C(=O)c2ccccc2)c2ccc(Cl)cc2)cc1[N+](=O)[O-]. The normalized spacial score (nSPS) is 11.4. The van der Waals surface area contributed by atoms with E-state index in [1.54, 1.807) is 54.6 Å². The summed E-state index contributed by atoms with van der Waals surface area (Å²) in [5.74, 6) is -1.31. The van der Waals surface area contributed by atoms with Crippen LogP contribution in [0.4, 0.5) is 5.69 Å². The maximum Gasteiger partial charge on any atom is 0.339 e. The molecule has 0 amide bonds. The van der Waals surface area contributed by atoms with E-state index in [-0.39, 0.29) is 17.0 Å². The third-order valence-electron chi connectivity index (χ3n) is 4.31. The van der Waals surface area contributed by atoms with Gasteiger partial charge in [-0.3, -0.25) is 14.9 Å². The van der Waals surface area contributed by atoms with Gasteiger partial charge in [-0.25, -0.2) is 4.79 Å². The number of nitro groups is 1. The molecule has 0 bridgehead atoms. The van der Waals surface area contributed by atoms with Crippen LogP contribution in [-0.4, -0.2) is 23.8 Å². The van der Waals surface area contributed by atoms with Crippen molar-refractivity contribution in [2.75, 3.05) is 7.11 Å². The minimum Gasteiger partial charge on any atom is -0.490 e. The van der Waals surface area contributed by atoms with Crippen molar-refractivity contribution in [3.05, 3.63) is 105 Å². The van der Waals surface area contributed by atoms with Gasteiger partial charge in [0.25, 0.3) is 0 Å². The number of benzene rings is 3. The Labute approximate surface area is 177 Å². The number of esters is 1. The van der Waals surface area contributed by atoms with E-state index in [2.05, 4.69) is 0 Å².